The largest absolute Gasteiger partial charge is 0.256 e. The molecule has 1 rings (SSSR count). The molecule has 152 valence electrons. The molecule has 0 bridgehead atoms. The van der Waals surface area contributed by atoms with Gasteiger partial charge in [0.1, 0.15) is 12.4 Å². The summed E-state index contributed by atoms with van der Waals surface area (Å²) in [5.41, 5.74) is 0. The molecule has 26 heavy (non-hydrogen) atoms. The molecule has 1 aromatic heterocycles. The summed E-state index contributed by atoms with van der Waals surface area (Å²) in [6, 6.07) is 0. The zero-order chi connectivity index (χ0) is 18.9. The summed E-state index contributed by atoms with van der Waals surface area (Å²) in [5.74, 6) is 1.56. The molecule has 0 aliphatic carbocycles. The third-order valence-corrected chi connectivity index (χ3v) is 5.69. The van der Waals surface area contributed by atoms with Crippen molar-refractivity contribution in [3.8, 4) is 0 Å². The molecule has 0 fully saturated rings. The molecule has 0 aromatic carbocycles. The first-order chi connectivity index (χ1) is 12.8. The minimum Gasteiger partial charge on any atom is -0.235 e. The smallest absolute Gasteiger partial charge is 0.235 e. The number of aryl methyl sites for hydroxylation is 2. The van der Waals surface area contributed by atoms with E-state index < -0.39 is 0 Å². The van der Waals surface area contributed by atoms with Crippen LogP contribution in [0.3, 0.4) is 0 Å². The van der Waals surface area contributed by atoms with E-state index in [1.807, 2.05) is 0 Å². The third kappa shape index (κ3) is 10.4. The van der Waals surface area contributed by atoms with Gasteiger partial charge in [-0.3, -0.25) is 0 Å². The van der Waals surface area contributed by atoms with Gasteiger partial charge in [-0.15, -0.1) is 0 Å². The van der Waals surface area contributed by atoms with Gasteiger partial charge in [-0.05, 0) is 26.2 Å². The van der Waals surface area contributed by atoms with Gasteiger partial charge in [-0.2, -0.15) is 0 Å². The second kappa shape index (κ2) is 16.4. The van der Waals surface area contributed by atoms with Gasteiger partial charge in [-0.1, -0.05) is 90.9 Å². The minimum atomic E-state index is 1.11. The summed E-state index contributed by atoms with van der Waals surface area (Å²) in [6.45, 7) is 9.19. The van der Waals surface area contributed by atoms with Gasteiger partial charge < -0.3 is 0 Å². The maximum absolute atomic E-state index is 2.54. The Morgan fingerprint density at radius 1 is 0.654 bits per heavy atom. The summed E-state index contributed by atoms with van der Waals surface area (Å²) in [4.78, 5) is 0. The summed E-state index contributed by atoms with van der Waals surface area (Å²) in [6.07, 6.45) is 26.9. The molecule has 0 aliphatic rings. The van der Waals surface area contributed by atoms with Crippen molar-refractivity contribution < 1.29 is 4.57 Å². The zero-order valence-corrected chi connectivity index (χ0v) is 18.3. The van der Waals surface area contributed by atoms with E-state index in [1.54, 1.807) is 5.82 Å². The number of nitrogens with zero attached hydrogens (tertiary/aromatic N) is 2. The Balaban J connectivity index is 2.19. The van der Waals surface area contributed by atoms with Crippen LogP contribution in [0.2, 0.25) is 0 Å². The molecule has 0 spiro atoms. The summed E-state index contributed by atoms with van der Waals surface area (Å²) >= 11 is 0. The standard InChI is InChI=1S/C24H47N2/c1-4-7-9-11-13-14-15-17-19-21-26-23-22-25(6-3)24(26)20-18-16-12-10-8-5-2/h22-23H,4-21H2,1-3H3/q+1. The molecule has 0 atom stereocenters. The van der Waals surface area contributed by atoms with E-state index in [0.717, 1.165) is 6.54 Å². The molecule has 0 aliphatic heterocycles. The van der Waals surface area contributed by atoms with Gasteiger partial charge in [0.25, 0.3) is 5.82 Å². The van der Waals surface area contributed by atoms with Crippen LogP contribution in [-0.4, -0.2) is 4.57 Å². The van der Waals surface area contributed by atoms with Crippen LogP contribution in [0.1, 0.15) is 123 Å². The molecule has 1 aromatic rings. The van der Waals surface area contributed by atoms with Gasteiger partial charge in [0, 0.05) is 6.42 Å². The summed E-state index contributed by atoms with van der Waals surface area (Å²) in [5, 5.41) is 0. The van der Waals surface area contributed by atoms with Crippen LogP contribution in [-0.2, 0) is 19.5 Å². The Kier molecular flexibility index (Phi) is 14.7. The Hall–Kier alpha value is -0.790. The predicted molar refractivity (Wildman–Crippen MR) is 115 cm³/mol. The van der Waals surface area contributed by atoms with Crippen LogP contribution >= 0.6 is 0 Å². The molecule has 0 unspecified atom stereocenters. The van der Waals surface area contributed by atoms with Crippen LogP contribution in [0, 0.1) is 0 Å². The van der Waals surface area contributed by atoms with E-state index in [-0.39, 0.29) is 0 Å². The molecule has 0 radical (unpaired) electrons. The van der Waals surface area contributed by atoms with Crippen molar-refractivity contribution in [3.05, 3.63) is 18.2 Å². The fraction of sp³-hybridized carbons (Fsp3) is 0.875. The van der Waals surface area contributed by atoms with Crippen molar-refractivity contribution in [2.75, 3.05) is 0 Å². The highest BCUT2D eigenvalue weighted by Crippen LogP contribution is 2.11. The SMILES string of the molecule is CCCCCCCCCCC[n+]1ccn(CC)c1CCCCCCCC. The van der Waals surface area contributed by atoms with E-state index in [4.69, 9.17) is 0 Å². The maximum atomic E-state index is 2.54. The Morgan fingerprint density at radius 3 is 1.69 bits per heavy atom. The van der Waals surface area contributed by atoms with Gasteiger partial charge >= 0.3 is 0 Å². The van der Waals surface area contributed by atoms with Crippen molar-refractivity contribution >= 4 is 0 Å². The number of hydrogen-bond donors (Lipinski definition) is 0. The number of rotatable bonds is 18. The molecular formula is C24H47N2+. The van der Waals surface area contributed by atoms with E-state index in [1.165, 1.54) is 109 Å². The number of unbranched alkanes of at least 4 members (excludes halogenated alkanes) is 13. The number of hydrogen-bond acceptors (Lipinski definition) is 0. The second-order valence-corrected chi connectivity index (χ2v) is 8.04. The quantitative estimate of drug-likeness (QED) is 0.192. The monoisotopic (exact) mass is 363 g/mol. The molecule has 0 saturated carbocycles. The van der Waals surface area contributed by atoms with Gasteiger partial charge in [0.05, 0.1) is 13.1 Å². The molecule has 0 N–H and O–H groups in total. The molecule has 2 heteroatoms. The van der Waals surface area contributed by atoms with Gasteiger partial charge in [-0.25, -0.2) is 9.13 Å². The van der Waals surface area contributed by atoms with Crippen molar-refractivity contribution in [3.63, 3.8) is 0 Å². The normalized spacial score (nSPS) is 11.3. The highest BCUT2D eigenvalue weighted by atomic mass is 15.1. The van der Waals surface area contributed by atoms with E-state index in [0.29, 0.717) is 0 Å². The van der Waals surface area contributed by atoms with E-state index in [2.05, 4.69) is 42.3 Å². The molecule has 1 heterocycles. The van der Waals surface area contributed by atoms with Gasteiger partial charge in [0.2, 0.25) is 0 Å². The van der Waals surface area contributed by atoms with E-state index >= 15 is 0 Å². The average Bonchev–Trinajstić information content (AvgIpc) is 3.05. The molecule has 0 saturated heterocycles. The van der Waals surface area contributed by atoms with Crippen molar-refractivity contribution in [1.29, 1.82) is 0 Å². The first-order valence-corrected chi connectivity index (χ1v) is 11.9. The van der Waals surface area contributed by atoms with E-state index in [9.17, 15) is 0 Å². The number of imidazole rings is 1. The lowest BCUT2D eigenvalue weighted by atomic mass is 10.1. The summed E-state index contributed by atoms with van der Waals surface area (Å²) < 4.78 is 5.00. The third-order valence-electron chi connectivity index (χ3n) is 5.69. The van der Waals surface area contributed by atoms with Crippen molar-refractivity contribution in [2.45, 2.75) is 137 Å². The zero-order valence-electron chi connectivity index (χ0n) is 18.3. The van der Waals surface area contributed by atoms with Crippen molar-refractivity contribution in [2.24, 2.45) is 0 Å². The first-order valence-electron chi connectivity index (χ1n) is 11.9. The van der Waals surface area contributed by atoms with Crippen LogP contribution in [0.5, 0.6) is 0 Å². The topological polar surface area (TPSA) is 8.81 Å². The molecule has 2 nitrogen and oxygen atoms in total. The first kappa shape index (κ1) is 23.2. The predicted octanol–water partition coefficient (Wildman–Crippen LogP) is 7.23. The minimum absolute atomic E-state index is 1.11. The second-order valence-electron chi connectivity index (χ2n) is 8.04. The lowest BCUT2D eigenvalue weighted by Gasteiger charge is -2.05. The Morgan fingerprint density at radius 2 is 1.15 bits per heavy atom. The van der Waals surface area contributed by atoms with Crippen LogP contribution in [0.4, 0.5) is 0 Å². The molecule has 0 amide bonds. The van der Waals surface area contributed by atoms with Crippen LogP contribution < -0.4 is 4.57 Å². The number of aromatic nitrogens is 2. The summed E-state index contributed by atoms with van der Waals surface area (Å²) in [7, 11) is 0. The highest BCUT2D eigenvalue weighted by Gasteiger charge is 2.15. The lowest BCUT2D eigenvalue weighted by molar-refractivity contribution is -0.704. The fourth-order valence-electron chi connectivity index (χ4n) is 3.93. The van der Waals surface area contributed by atoms with Crippen LogP contribution in [0.25, 0.3) is 0 Å². The Labute approximate surface area is 164 Å². The van der Waals surface area contributed by atoms with Gasteiger partial charge in [0.15, 0.2) is 0 Å². The van der Waals surface area contributed by atoms with Crippen LogP contribution in [0.15, 0.2) is 12.4 Å². The average molecular weight is 364 g/mol. The highest BCUT2D eigenvalue weighted by molar-refractivity contribution is 4.83. The fourth-order valence-corrected chi connectivity index (χ4v) is 3.93. The molecular weight excluding hydrogens is 316 g/mol. The maximum Gasteiger partial charge on any atom is 0.256 e. The van der Waals surface area contributed by atoms with Crippen molar-refractivity contribution in [1.82, 2.24) is 4.57 Å². The Bertz CT molecular complexity index is 422. The lowest BCUT2D eigenvalue weighted by Crippen LogP contribution is -2.37.